The van der Waals surface area contributed by atoms with Crippen molar-refractivity contribution in [3.8, 4) is 0 Å². The van der Waals surface area contributed by atoms with Gasteiger partial charge in [0, 0.05) is 16.6 Å². The van der Waals surface area contributed by atoms with E-state index in [0.29, 0.717) is 23.4 Å². The van der Waals surface area contributed by atoms with Crippen molar-refractivity contribution in [1.29, 1.82) is 0 Å². The monoisotopic (exact) mass is 431 g/mol. The minimum absolute atomic E-state index is 0.0335. The molecule has 1 aromatic carbocycles. The largest absolute Gasteiger partial charge is 0.326 e. The van der Waals surface area contributed by atoms with E-state index in [2.05, 4.69) is 37.2 Å². The van der Waals surface area contributed by atoms with Crippen LogP contribution in [0.5, 0.6) is 0 Å². The van der Waals surface area contributed by atoms with Crippen molar-refractivity contribution in [2.45, 2.75) is 12.8 Å². The minimum atomic E-state index is -0.624. The number of anilines is 1. The van der Waals surface area contributed by atoms with E-state index in [0.717, 1.165) is 13.8 Å². The SMILES string of the molecule is O=C1CCc2cc(C(=O)c3cc(Br)c(Br)s3)c(F)cc2N1. The van der Waals surface area contributed by atoms with Crippen molar-refractivity contribution < 1.29 is 14.0 Å². The summed E-state index contributed by atoms with van der Waals surface area (Å²) < 4.78 is 15.7. The Morgan fingerprint density at radius 3 is 2.67 bits per heavy atom. The Morgan fingerprint density at radius 1 is 1.24 bits per heavy atom. The van der Waals surface area contributed by atoms with Gasteiger partial charge in [0.25, 0.3) is 0 Å². The molecule has 0 atom stereocenters. The molecule has 2 aromatic rings. The Kier molecular flexibility index (Phi) is 3.98. The third-order valence-electron chi connectivity index (χ3n) is 3.20. The van der Waals surface area contributed by atoms with Crippen LogP contribution in [0.4, 0.5) is 10.1 Å². The fourth-order valence-electron chi connectivity index (χ4n) is 2.17. The molecule has 0 unspecified atom stereocenters. The summed E-state index contributed by atoms with van der Waals surface area (Å²) >= 11 is 7.88. The molecule has 3 nitrogen and oxygen atoms in total. The number of aryl methyl sites for hydroxylation is 1. The van der Waals surface area contributed by atoms with Crippen LogP contribution in [-0.2, 0) is 11.2 Å². The van der Waals surface area contributed by atoms with Gasteiger partial charge < -0.3 is 5.32 Å². The van der Waals surface area contributed by atoms with Gasteiger partial charge in [-0.2, -0.15) is 0 Å². The summed E-state index contributed by atoms with van der Waals surface area (Å²) in [6, 6.07) is 4.42. The third kappa shape index (κ3) is 2.82. The summed E-state index contributed by atoms with van der Waals surface area (Å²) in [5.74, 6) is -1.11. The molecule has 108 valence electrons. The van der Waals surface area contributed by atoms with Crippen LogP contribution >= 0.6 is 43.2 Å². The first-order valence-electron chi connectivity index (χ1n) is 6.07. The fourth-order valence-corrected chi connectivity index (χ4v) is 4.16. The van der Waals surface area contributed by atoms with Crippen LogP contribution in [0.2, 0.25) is 0 Å². The van der Waals surface area contributed by atoms with Crippen molar-refractivity contribution in [3.05, 3.63) is 48.3 Å². The van der Waals surface area contributed by atoms with Crippen molar-refractivity contribution >= 4 is 60.6 Å². The molecular formula is C14H8Br2FNO2S. The van der Waals surface area contributed by atoms with Crippen LogP contribution in [0.25, 0.3) is 0 Å². The lowest BCUT2D eigenvalue weighted by Gasteiger charge is -2.17. The van der Waals surface area contributed by atoms with Crippen LogP contribution < -0.4 is 5.32 Å². The average Bonchev–Trinajstić information content (AvgIpc) is 2.77. The maximum atomic E-state index is 14.2. The fraction of sp³-hybridized carbons (Fsp3) is 0.143. The first-order valence-corrected chi connectivity index (χ1v) is 8.48. The van der Waals surface area contributed by atoms with E-state index >= 15 is 0 Å². The maximum absolute atomic E-state index is 14.2. The van der Waals surface area contributed by atoms with E-state index < -0.39 is 5.82 Å². The Hall–Kier alpha value is -1.05. The molecule has 21 heavy (non-hydrogen) atoms. The number of carbonyl (C=O) groups excluding carboxylic acids is 2. The van der Waals surface area contributed by atoms with Crippen LogP contribution in [0, 0.1) is 5.82 Å². The highest BCUT2D eigenvalue weighted by molar-refractivity contribution is 9.13. The Labute approximate surface area is 140 Å². The molecule has 0 saturated carbocycles. The van der Waals surface area contributed by atoms with Gasteiger partial charge in [0.2, 0.25) is 11.7 Å². The number of rotatable bonds is 2. The van der Waals surface area contributed by atoms with Crippen molar-refractivity contribution in [1.82, 2.24) is 0 Å². The van der Waals surface area contributed by atoms with Crippen LogP contribution in [0.1, 0.15) is 27.2 Å². The molecule has 0 spiro atoms. The Morgan fingerprint density at radius 2 is 2.00 bits per heavy atom. The van der Waals surface area contributed by atoms with Gasteiger partial charge in [-0.1, -0.05) is 0 Å². The number of hydrogen-bond acceptors (Lipinski definition) is 3. The van der Waals surface area contributed by atoms with E-state index in [1.54, 1.807) is 6.07 Å². The maximum Gasteiger partial charge on any atom is 0.224 e. The second-order valence-corrected chi connectivity index (χ2v) is 7.82. The molecule has 0 fully saturated rings. The van der Waals surface area contributed by atoms with Gasteiger partial charge in [0.1, 0.15) is 5.82 Å². The van der Waals surface area contributed by atoms with Crippen LogP contribution in [-0.4, -0.2) is 11.7 Å². The van der Waals surface area contributed by atoms with Gasteiger partial charge in [-0.25, -0.2) is 4.39 Å². The van der Waals surface area contributed by atoms with Crippen LogP contribution in [0.15, 0.2) is 26.5 Å². The van der Waals surface area contributed by atoms with Gasteiger partial charge in [0.15, 0.2) is 0 Å². The molecule has 1 aliphatic rings. The molecule has 1 N–H and O–H groups in total. The van der Waals surface area contributed by atoms with Crippen molar-refractivity contribution in [2.24, 2.45) is 0 Å². The Bertz CT molecular complexity index is 753. The standard InChI is InChI=1S/C14H8Br2FNO2S/c15-8-4-11(21-14(8)16)13(20)7-3-6-1-2-12(19)18-10(6)5-9(7)17/h3-5H,1-2H2,(H,18,19). The summed E-state index contributed by atoms with van der Waals surface area (Å²) in [6.45, 7) is 0. The molecule has 7 heteroatoms. The van der Waals surface area contributed by atoms with Gasteiger partial charge in [-0.05, 0) is 62.0 Å². The normalized spacial score (nSPS) is 13.8. The second kappa shape index (κ2) is 5.62. The van der Waals surface area contributed by atoms with E-state index in [9.17, 15) is 14.0 Å². The predicted molar refractivity (Wildman–Crippen MR) is 86.5 cm³/mol. The van der Waals surface area contributed by atoms with E-state index in [4.69, 9.17) is 0 Å². The molecule has 1 aromatic heterocycles. The number of hydrogen-bond donors (Lipinski definition) is 1. The molecule has 1 aliphatic heterocycles. The first kappa shape index (κ1) is 14.9. The zero-order valence-electron chi connectivity index (χ0n) is 10.5. The van der Waals surface area contributed by atoms with Crippen molar-refractivity contribution in [2.75, 3.05) is 5.32 Å². The minimum Gasteiger partial charge on any atom is -0.326 e. The van der Waals surface area contributed by atoms with Crippen molar-refractivity contribution in [3.63, 3.8) is 0 Å². The van der Waals surface area contributed by atoms with Gasteiger partial charge in [-0.3, -0.25) is 9.59 Å². The molecule has 0 radical (unpaired) electrons. The molecule has 0 saturated heterocycles. The second-order valence-electron chi connectivity index (χ2n) is 4.60. The number of thiophene rings is 1. The predicted octanol–water partition coefficient (Wildman–Crippen LogP) is 4.53. The lowest BCUT2D eigenvalue weighted by Crippen LogP contribution is -2.20. The van der Waals surface area contributed by atoms with E-state index in [1.165, 1.54) is 23.5 Å². The lowest BCUT2D eigenvalue weighted by molar-refractivity contribution is -0.116. The number of carbonyl (C=O) groups is 2. The molecule has 1 amide bonds. The summed E-state index contributed by atoms with van der Waals surface area (Å²) in [6.07, 6.45) is 0.863. The molecular weight excluding hydrogens is 425 g/mol. The van der Waals surface area contributed by atoms with E-state index in [-0.39, 0.29) is 17.3 Å². The summed E-state index contributed by atoms with van der Waals surface area (Å²) in [5.41, 5.74) is 1.27. The number of fused-ring (bicyclic) bond motifs is 1. The third-order valence-corrected chi connectivity index (χ3v) is 6.46. The first-order chi connectivity index (χ1) is 9.95. The number of nitrogens with one attached hydrogen (secondary N) is 1. The number of benzene rings is 1. The lowest BCUT2D eigenvalue weighted by atomic mass is 9.98. The smallest absolute Gasteiger partial charge is 0.224 e. The summed E-state index contributed by atoms with van der Waals surface area (Å²) in [7, 11) is 0. The molecule has 0 bridgehead atoms. The highest BCUT2D eigenvalue weighted by Crippen LogP contribution is 2.34. The topological polar surface area (TPSA) is 46.2 Å². The summed E-state index contributed by atoms with van der Waals surface area (Å²) in [4.78, 5) is 24.2. The molecule has 2 heterocycles. The molecule has 3 rings (SSSR count). The number of halogens is 3. The zero-order chi connectivity index (χ0) is 15.1. The quantitative estimate of drug-likeness (QED) is 0.708. The molecule has 0 aliphatic carbocycles. The van der Waals surface area contributed by atoms with Crippen LogP contribution in [0.3, 0.4) is 0 Å². The number of amides is 1. The highest BCUT2D eigenvalue weighted by atomic mass is 79.9. The Balaban J connectivity index is 2.02. The average molecular weight is 433 g/mol. The number of ketones is 1. The highest BCUT2D eigenvalue weighted by Gasteiger charge is 2.22. The van der Waals surface area contributed by atoms with E-state index in [1.807, 2.05) is 0 Å². The zero-order valence-corrected chi connectivity index (χ0v) is 14.5. The van der Waals surface area contributed by atoms with Gasteiger partial charge in [-0.15, -0.1) is 11.3 Å². The van der Waals surface area contributed by atoms with Gasteiger partial charge >= 0.3 is 0 Å². The van der Waals surface area contributed by atoms with Gasteiger partial charge in [0.05, 0.1) is 14.2 Å². The summed E-state index contributed by atoms with van der Waals surface area (Å²) in [5, 5.41) is 2.62.